The predicted molar refractivity (Wildman–Crippen MR) is 86.3 cm³/mol. The van der Waals surface area contributed by atoms with Crippen LogP contribution in [0, 0.1) is 4.77 Å². The SMILES string of the molecule is CCSC1CCCC1n1c(=S)[nH]c2ccc(OC)nc21. The number of aromatic nitrogens is 3. The van der Waals surface area contributed by atoms with E-state index in [1.807, 2.05) is 23.9 Å². The number of nitrogens with zero attached hydrogens (tertiary/aromatic N) is 2. The van der Waals surface area contributed by atoms with E-state index in [2.05, 4.69) is 21.5 Å². The van der Waals surface area contributed by atoms with E-state index >= 15 is 0 Å². The fourth-order valence-corrected chi connectivity index (χ4v) is 4.59. The van der Waals surface area contributed by atoms with Gasteiger partial charge in [0.1, 0.15) is 0 Å². The maximum Gasteiger partial charge on any atom is 0.215 e. The summed E-state index contributed by atoms with van der Waals surface area (Å²) in [5.74, 6) is 1.78. The molecule has 1 fully saturated rings. The van der Waals surface area contributed by atoms with Crippen molar-refractivity contribution in [2.45, 2.75) is 37.5 Å². The molecule has 2 heterocycles. The van der Waals surface area contributed by atoms with E-state index in [0.717, 1.165) is 21.7 Å². The molecule has 0 saturated heterocycles. The van der Waals surface area contributed by atoms with E-state index in [1.54, 1.807) is 7.11 Å². The van der Waals surface area contributed by atoms with Crippen molar-refractivity contribution in [1.82, 2.24) is 14.5 Å². The molecule has 1 aliphatic rings. The molecule has 0 bridgehead atoms. The molecule has 6 heteroatoms. The summed E-state index contributed by atoms with van der Waals surface area (Å²) in [6.07, 6.45) is 3.71. The molecule has 2 atom stereocenters. The van der Waals surface area contributed by atoms with Crippen LogP contribution in [0.1, 0.15) is 32.2 Å². The summed E-state index contributed by atoms with van der Waals surface area (Å²) in [6.45, 7) is 2.22. The Kier molecular flexibility index (Phi) is 4.03. The Labute approximate surface area is 127 Å². The lowest BCUT2D eigenvalue weighted by molar-refractivity contribution is 0.398. The smallest absolute Gasteiger partial charge is 0.215 e. The molecule has 2 aromatic rings. The molecule has 2 aromatic heterocycles. The number of imidazole rings is 1. The van der Waals surface area contributed by atoms with Crippen molar-refractivity contribution in [1.29, 1.82) is 0 Å². The third-order valence-corrected chi connectivity index (χ3v) is 5.49. The van der Waals surface area contributed by atoms with Crippen LogP contribution in [0.2, 0.25) is 0 Å². The first-order valence-electron chi connectivity index (χ1n) is 7.01. The number of nitrogens with one attached hydrogen (secondary N) is 1. The van der Waals surface area contributed by atoms with Gasteiger partial charge in [0.05, 0.1) is 12.6 Å². The lowest BCUT2D eigenvalue weighted by Crippen LogP contribution is -2.17. The van der Waals surface area contributed by atoms with Crippen molar-refractivity contribution in [2.75, 3.05) is 12.9 Å². The third-order valence-electron chi connectivity index (χ3n) is 3.88. The molecule has 0 aliphatic heterocycles. The number of ether oxygens (including phenoxy) is 1. The Morgan fingerprint density at radius 2 is 2.35 bits per heavy atom. The molecule has 0 spiro atoms. The van der Waals surface area contributed by atoms with E-state index < -0.39 is 0 Å². The quantitative estimate of drug-likeness (QED) is 0.869. The Morgan fingerprint density at radius 3 is 3.10 bits per heavy atom. The highest BCUT2D eigenvalue weighted by Crippen LogP contribution is 2.40. The van der Waals surface area contributed by atoms with Crippen LogP contribution in [0.4, 0.5) is 0 Å². The largest absolute Gasteiger partial charge is 0.481 e. The second-order valence-corrected chi connectivity index (χ2v) is 6.92. The van der Waals surface area contributed by atoms with Crippen LogP contribution in [-0.2, 0) is 0 Å². The van der Waals surface area contributed by atoms with E-state index in [0.29, 0.717) is 17.2 Å². The van der Waals surface area contributed by atoms with Gasteiger partial charge in [0, 0.05) is 17.4 Å². The normalized spacial score (nSPS) is 22.5. The van der Waals surface area contributed by atoms with Crippen molar-refractivity contribution in [3.05, 3.63) is 16.9 Å². The summed E-state index contributed by atoms with van der Waals surface area (Å²) in [5, 5.41) is 0.638. The number of methoxy groups -OCH3 is 1. The summed E-state index contributed by atoms with van der Waals surface area (Å²) in [4.78, 5) is 7.86. The monoisotopic (exact) mass is 309 g/mol. The van der Waals surface area contributed by atoms with E-state index in [4.69, 9.17) is 17.0 Å². The fraction of sp³-hybridized carbons (Fsp3) is 0.571. The second-order valence-electron chi connectivity index (χ2n) is 5.02. The first-order valence-corrected chi connectivity index (χ1v) is 8.47. The molecule has 0 amide bonds. The summed E-state index contributed by atoms with van der Waals surface area (Å²) < 4.78 is 8.22. The highest BCUT2D eigenvalue weighted by Gasteiger charge is 2.30. The maximum absolute atomic E-state index is 5.52. The highest BCUT2D eigenvalue weighted by molar-refractivity contribution is 7.99. The topological polar surface area (TPSA) is 42.8 Å². The summed E-state index contributed by atoms with van der Waals surface area (Å²) in [5.41, 5.74) is 1.91. The molecule has 2 unspecified atom stereocenters. The lowest BCUT2D eigenvalue weighted by Gasteiger charge is -2.20. The Hall–Kier alpha value is -1.01. The van der Waals surface area contributed by atoms with E-state index in [1.165, 1.54) is 19.3 Å². The van der Waals surface area contributed by atoms with Crippen LogP contribution in [0.3, 0.4) is 0 Å². The van der Waals surface area contributed by atoms with E-state index in [-0.39, 0.29) is 0 Å². The van der Waals surface area contributed by atoms with Gasteiger partial charge in [0.25, 0.3) is 0 Å². The second kappa shape index (κ2) is 5.77. The van der Waals surface area contributed by atoms with E-state index in [9.17, 15) is 0 Å². The maximum atomic E-state index is 5.52. The number of rotatable bonds is 4. The van der Waals surface area contributed by atoms with Crippen molar-refractivity contribution in [2.24, 2.45) is 0 Å². The zero-order chi connectivity index (χ0) is 14.1. The third kappa shape index (κ3) is 2.35. The average molecular weight is 309 g/mol. The number of hydrogen-bond donors (Lipinski definition) is 1. The fourth-order valence-electron chi connectivity index (χ4n) is 3.02. The van der Waals surface area contributed by atoms with Gasteiger partial charge < -0.3 is 9.72 Å². The van der Waals surface area contributed by atoms with Crippen LogP contribution in [0.25, 0.3) is 11.2 Å². The van der Waals surface area contributed by atoms with Gasteiger partial charge in [-0.25, -0.2) is 0 Å². The van der Waals surface area contributed by atoms with Gasteiger partial charge in [0.15, 0.2) is 10.4 Å². The highest BCUT2D eigenvalue weighted by atomic mass is 32.2. The Balaban J connectivity index is 2.09. The molecule has 1 N–H and O–H groups in total. The molecule has 0 aromatic carbocycles. The molecule has 3 rings (SSSR count). The first-order chi connectivity index (χ1) is 9.74. The van der Waals surface area contributed by atoms with Gasteiger partial charge in [-0.05, 0) is 36.9 Å². The van der Waals surface area contributed by atoms with Crippen LogP contribution in [0.15, 0.2) is 12.1 Å². The standard InChI is InChI=1S/C14H19N3OS2/c1-3-20-11-6-4-5-10(11)17-13-9(15-14(17)19)7-8-12(16-13)18-2/h7-8,10-11H,3-6H2,1-2H3,(H,15,19). The van der Waals surface area contributed by atoms with Gasteiger partial charge >= 0.3 is 0 Å². The molecule has 0 radical (unpaired) electrons. The molecular weight excluding hydrogens is 290 g/mol. The Bertz CT molecular complexity index is 664. The Morgan fingerprint density at radius 1 is 1.50 bits per heavy atom. The molecular formula is C14H19N3OS2. The minimum atomic E-state index is 0.445. The van der Waals surface area contributed by atoms with Crippen LogP contribution in [-0.4, -0.2) is 32.6 Å². The van der Waals surface area contributed by atoms with Crippen molar-refractivity contribution < 1.29 is 4.74 Å². The number of hydrogen-bond acceptors (Lipinski definition) is 4. The molecule has 20 heavy (non-hydrogen) atoms. The van der Waals surface area contributed by atoms with Crippen molar-refractivity contribution in [3.8, 4) is 5.88 Å². The number of aromatic amines is 1. The average Bonchev–Trinajstić information content (AvgIpc) is 3.01. The summed E-state index contributed by atoms with van der Waals surface area (Å²) in [7, 11) is 1.64. The molecule has 108 valence electrons. The van der Waals surface area contributed by atoms with Gasteiger partial charge in [-0.2, -0.15) is 16.7 Å². The van der Waals surface area contributed by atoms with Crippen LogP contribution < -0.4 is 4.74 Å². The van der Waals surface area contributed by atoms with Gasteiger partial charge in [-0.3, -0.25) is 4.57 Å². The lowest BCUT2D eigenvalue weighted by atomic mass is 10.2. The summed E-state index contributed by atoms with van der Waals surface area (Å²) in [6, 6.07) is 4.30. The van der Waals surface area contributed by atoms with Crippen molar-refractivity contribution >= 4 is 35.1 Å². The minimum absolute atomic E-state index is 0.445. The number of pyridine rings is 1. The zero-order valence-electron chi connectivity index (χ0n) is 11.8. The molecule has 1 aliphatic carbocycles. The minimum Gasteiger partial charge on any atom is -0.481 e. The molecule has 4 nitrogen and oxygen atoms in total. The van der Waals surface area contributed by atoms with Crippen molar-refractivity contribution in [3.63, 3.8) is 0 Å². The zero-order valence-corrected chi connectivity index (χ0v) is 13.4. The molecule has 1 saturated carbocycles. The number of fused-ring (bicyclic) bond motifs is 1. The predicted octanol–water partition coefficient (Wildman–Crippen LogP) is 3.95. The summed E-state index contributed by atoms with van der Waals surface area (Å²) >= 11 is 7.56. The van der Waals surface area contributed by atoms with Crippen LogP contribution >= 0.6 is 24.0 Å². The number of H-pyrrole nitrogens is 1. The van der Waals surface area contributed by atoms with Crippen LogP contribution in [0.5, 0.6) is 5.88 Å². The van der Waals surface area contributed by atoms with Gasteiger partial charge in [-0.1, -0.05) is 13.3 Å². The van der Waals surface area contributed by atoms with Gasteiger partial charge in [-0.15, -0.1) is 0 Å². The first kappa shape index (κ1) is 13.9. The van der Waals surface area contributed by atoms with Gasteiger partial charge in [0.2, 0.25) is 5.88 Å². The number of thioether (sulfide) groups is 1.